The number of aryl methyl sites for hydroxylation is 1. The Morgan fingerprint density at radius 1 is 1.21 bits per heavy atom. The van der Waals surface area contributed by atoms with Gasteiger partial charge in [-0.2, -0.15) is 5.26 Å². The van der Waals surface area contributed by atoms with Crippen molar-refractivity contribution in [3.05, 3.63) is 47.5 Å². The number of methoxy groups -OCH3 is 1. The third-order valence-electron chi connectivity index (χ3n) is 5.63. The molecule has 0 spiro atoms. The van der Waals surface area contributed by atoms with Crippen molar-refractivity contribution >= 4 is 16.8 Å². The van der Waals surface area contributed by atoms with E-state index in [-0.39, 0.29) is 0 Å². The first-order valence-corrected chi connectivity index (χ1v) is 11.1. The van der Waals surface area contributed by atoms with E-state index in [0.717, 1.165) is 17.0 Å². The first-order chi connectivity index (χ1) is 15.9. The Hall–Kier alpha value is -3.05. The minimum Gasteiger partial charge on any atom is -0.497 e. The Morgan fingerprint density at radius 3 is 2.33 bits per heavy atom. The predicted molar refractivity (Wildman–Crippen MR) is 128 cm³/mol. The molecule has 33 heavy (non-hydrogen) atoms. The summed E-state index contributed by atoms with van der Waals surface area (Å²) in [6, 6.07) is 6.78. The number of allylic oxidation sites excluding steroid dienone is 2. The van der Waals surface area contributed by atoms with E-state index in [1.54, 1.807) is 20.1 Å². The summed E-state index contributed by atoms with van der Waals surface area (Å²) in [6.45, 7) is 4.34. The highest BCUT2D eigenvalue weighted by molar-refractivity contribution is 5.96. The molecule has 1 aliphatic carbocycles. The molecule has 2 N–H and O–H groups in total. The van der Waals surface area contributed by atoms with Gasteiger partial charge in [-0.15, -0.1) is 0 Å². The summed E-state index contributed by atoms with van der Waals surface area (Å²) in [6.07, 6.45) is 8.89. The lowest BCUT2D eigenvalue weighted by molar-refractivity contribution is 0.320. The van der Waals surface area contributed by atoms with E-state index in [1.165, 1.54) is 38.1 Å². The van der Waals surface area contributed by atoms with Crippen molar-refractivity contribution < 1.29 is 13.5 Å². The van der Waals surface area contributed by atoms with E-state index in [4.69, 9.17) is 4.74 Å². The van der Waals surface area contributed by atoms with Gasteiger partial charge in [0.1, 0.15) is 25.2 Å². The summed E-state index contributed by atoms with van der Waals surface area (Å²) in [5, 5.41) is 9.66. The van der Waals surface area contributed by atoms with Crippen LogP contribution in [0.15, 0.2) is 30.6 Å². The molecule has 1 aromatic carbocycles. The zero-order valence-electron chi connectivity index (χ0n) is 19.8. The Morgan fingerprint density at radius 2 is 1.85 bits per heavy atom. The van der Waals surface area contributed by atoms with Crippen LogP contribution in [-0.2, 0) is 0 Å². The molecule has 1 fully saturated rings. The molecule has 3 rings (SSSR count). The molecule has 0 atom stereocenters. The molecule has 0 amide bonds. The lowest BCUT2D eigenvalue weighted by Crippen LogP contribution is -2.37. The number of benzene rings is 1. The smallest absolute Gasteiger partial charge is 0.156 e. The molecule has 0 saturated heterocycles. The average Bonchev–Trinajstić information content (AvgIpc) is 3.33. The monoisotopic (exact) mass is 457 g/mol. The molecule has 0 radical (unpaired) electrons. The molecule has 0 unspecified atom stereocenters. The number of hydrazine groups is 1. The van der Waals surface area contributed by atoms with E-state index in [0.29, 0.717) is 28.4 Å². The summed E-state index contributed by atoms with van der Waals surface area (Å²) in [7, 11) is 1.57. The lowest BCUT2D eigenvalue weighted by atomic mass is 9.97. The summed E-state index contributed by atoms with van der Waals surface area (Å²) >= 11 is 0. The number of alkyl halides is 2. The minimum absolute atomic E-state index is 0.381. The second-order valence-corrected chi connectivity index (χ2v) is 8.25. The van der Waals surface area contributed by atoms with Crippen LogP contribution in [0, 0.1) is 24.2 Å². The van der Waals surface area contributed by atoms with Crippen LogP contribution in [0.25, 0.3) is 11.1 Å². The molecule has 1 heterocycles. The van der Waals surface area contributed by atoms with Gasteiger partial charge < -0.3 is 10.2 Å². The van der Waals surface area contributed by atoms with Crippen LogP contribution < -0.4 is 15.6 Å². The van der Waals surface area contributed by atoms with Gasteiger partial charge in [0.15, 0.2) is 5.82 Å². The van der Waals surface area contributed by atoms with Gasteiger partial charge in [-0.3, -0.25) is 0 Å². The summed E-state index contributed by atoms with van der Waals surface area (Å²) in [4.78, 5) is 8.47. The fourth-order valence-corrected chi connectivity index (χ4v) is 3.48. The van der Waals surface area contributed by atoms with Gasteiger partial charge in [0.2, 0.25) is 0 Å². The highest BCUT2D eigenvalue weighted by Crippen LogP contribution is 2.29. The fourth-order valence-electron chi connectivity index (χ4n) is 3.48. The normalized spacial score (nSPS) is 14.2. The number of hydrogen-bond acceptors (Lipinski definition) is 6. The van der Waals surface area contributed by atoms with Crippen molar-refractivity contribution in [3.63, 3.8) is 0 Å². The summed E-state index contributed by atoms with van der Waals surface area (Å²) in [5.74, 6) is 2.08. The van der Waals surface area contributed by atoms with E-state index >= 15 is 0 Å². The number of nitriles is 1. The first kappa shape index (κ1) is 26.2. The van der Waals surface area contributed by atoms with Crippen LogP contribution in [0.5, 0.6) is 5.75 Å². The third-order valence-corrected chi connectivity index (χ3v) is 5.63. The molecular weight excluding hydrogens is 424 g/mol. The van der Waals surface area contributed by atoms with E-state index in [2.05, 4.69) is 33.8 Å². The van der Waals surface area contributed by atoms with Crippen molar-refractivity contribution in [3.8, 4) is 11.8 Å². The van der Waals surface area contributed by atoms with Gasteiger partial charge in [0.25, 0.3) is 0 Å². The maximum atomic E-state index is 12.5. The number of rotatable bonds is 8. The Balaban J connectivity index is 0.000000554. The zero-order valence-corrected chi connectivity index (χ0v) is 19.8. The van der Waals surface area contributed by atoms with Crippen molar-refractivity contribution in [2.24, 2.45) is 5.92 Å². The number of ether oxygens (including phenoxy) is 1. The number of anilines is 1. The number of nitrogens with one attached hydrogen (secondary N) is 2. The van der Waals surface area contributed by atoms with Crippen LogP contribution in [0.2, 0.25) is 0 Å². The van der Waals surface area contributed by atoms with Gasteiger partial charge in [0.05, 0.1) is 36.8 Å². The standard InChI is InChI=1S/C19H21F2N5O.C6H12/c1-12-4-5-16(27-3)6-17(12)18(9-22)13(2)19-23-10-15(11-24-19)26-25-14(7-20)8-21;1-6-4-2-3-5-6/h4-6,10-11,14,25-26H,7-8H2,1-3H3;6H,2-5H2,1H3/b18-13+;. The lowest BCUT2D eigenvalue weighted by Gasteiger charge is -2.13. The molecule has 1 aromatic heterocycles. The van der Waals surface area contributed by atoms with Gasteiger partial charge in [-0.25, -0.2) is 24.2 Å². The van der Waals surface area contributed by atoms with Gasteiger partial charge in [-0.1, -0.05) is 38.7 Å². The first-order valence-electron chi connectivity index (χ1n) is 11.1. The molecule has 178 valence electrons. The van der Waals surface area contributed by atoms with Crippen molar-refractivity contribution in [1.29, 1.82) is 5.26 Å². The summed E-state index contributed by atoms with van der Waals surface area (Å²) < 4.78 is 30.2. The van der Waals surface area contributed by atoms with Crippen LogP contribution >= 0.6 is 0 Å². The Bertz CT molecular complexity index is 946. The molecular formula is C25H33F2N5O. The molecule has 2 aromatic rings. The molecule has 0 aliphatic heterocycles. The van der Waals surface area contributed by atoms with E-state index in [9.17, 15) is 14.0 Å². The van der Waals surface area contributed by atoms with Crippen molar-refractivity contribution in [2.75, 3.05) is 25.9 Å². The highest BCUT2D eigenvalue weighted by atomic mass is 19.1. The second kappa shape index (κ2) is 13.5. The molecule has 6 nitrogen and oxygen atoms in total. The maximum absolute atomic E-state index is 12.5. The van der Waals surface area contributed by atoms with E-state index < -0.39 is 19.4 Å². The van der Waals surface area contributed by atoms with Crippen molar-refractivity contribution in [2.45, 2.75) is 52.5 Å². The summed E-state index contributed by atoms with van der Waals surface area (Å²) in [5.41, 5.74) is 8.35. The van der Waals surface area contributed by atoms with Crippen LogP contribution in [-0.4, -0.2) is 36.5 Å². The number of hydrogen-bond donors (Lipinski definition) is 2. The maximum Gasteiger partial charge on any atom is 0.156 e. The van der Waals surface area contributed by atoms with Crippen LogP contribution in [0.3, 0.4) is 0 Å². The van der Waals surface area contributed by atoms with Crippen molar-refractivity contribution in [1.82, 2.24) is 15.4 Å². The van der Waals surface area contributed by atoms with Gasteiger partial charge >= 0.3 is 0 Å². The number of halogens is 2. The Labute approximate surface area is 195 Å². The fraction of sp³-hybridized carbons (Fsp3) is 0.480. The van der Waals surface area contributed by atoms with Crippen LogP contribution in [0.4, 0.5) is 14.5 Å². The largest absolute Gasteiger partial charge is 0.497 e. The topological polar surface area (TPSA) is 82.9 Å². The molecule has 1 aliphatic rings. The average molecular weight is 458 g/mol. The molecule has 8 heteroatoms. The van der Waals surface area contributed by atoms with Gasteiger partial charge in [-0.05, 0) is 43.0 Å². The molecule has 0 bridgehead atoms. The van der Waals surface area contributed by atoms with Gasteiger partial charge in [0, 0.05) is 5.57 Å². The quantitative estimate of drug-likeness (QED) is 0.393. The minimum atomic E-state index is -0.937. The zero-order chi connectivity index (χ0) is 24.2. The van der Waals surface area contributed by atoms with Crippen LogP contribution in [0.1, 0.15) is 56.5 Å². The Kier molecular flexibility index (Phi) is 10.7. The SMILES string of the molecule is CC1CCCC1.COc1ccc(C)c(/C(C#N)=C(\C)c2ncc(NNC(CF)CF)cn2)c1. The third kappa shape index (κ3) is 7.79. The highest BCUT2D eigenvalue weighted by Gasteiger charge is 2.13. The molecule has 1 saturated carbocycles. The number of nitrogens with zero attached hydrogens (tertiary/aromatic N) is 3. The van der Waals surface area contributed by atoms with E-state index in [1.807, 2.05) is 19.1 Å². The predicted octanol–water partition coefficient (Wildman–Crippen LogP) is 5.67. The second-order valence-electron chi connectivity index (χ2n) is 8.25. The number of aromatic nitrogens is 2.